The summed E-state index contributed by atoms with van der Waals surface area (Å²) < 4.78 is 16.2. The monoisotopic (exact) mass is 540 g/mol. The topological polar surface area (TPSA) is 60.9 Å². The Balaban J connectivity index is 1.63. The van der Waals surface area contributed by atoms with E-state index in [4.69, 9.17) is 19.2 Å². The Bertz CT molecular complexity index is 1440. The Morgan fingerprint density at radius 3 is 2.27 bits per heavy atom. The van der Waals surface area contributed by atoms with Crippen LogP contribution in [0.5, 0.6) is 5.75 Å². The molecule has 6 nitrogen and oxygen atoms in total. The molecule has 0 aliphatic rings. The van der Waals surface area contributed by atoms with E-state index in [1.54, 1.807) is 20.4 Å². The molecule has 0 radical (unpaired) electrons. The van der Waals surface area contributed by atoms with Gasteiger partial charge in [-0.25, -0.2) is 4.98 Å². The summed E-state index contributed by atoms with van der Waals surface area (Å²) in [5.74, 6) is 1.60. The molecule has 3 aromatic carbocycles. The number of rotatable bonds is 11. The number of methoxy groups -OCH3 is 2. The number of anilines is 1. The summed E-state index contributed by atoms with van der Waals surface area (Å²) >= 11 is 0. The summed E-state index contributed by atoms with van der Waals surface area (Å²) in [6.07, 6.45) is 2.19. The molecule has 0 fully saturated rings. The van der Waals surface area contributed by atoms with E-state index < -0.39 is 0 Å². The normalized spacial score (nSPS) is 11.6. The molecule has 1 aromatic heterocycles. The predicted molar refractivity (Wildman–Crippen MR) is 162 cm³/mol. The van der Waals surface area contributed by atoms with Crippen molar-refractivity contribution in [2.24, 2.45) is 5.41 Å². The second kappa shape index (κ2) is 13.1. The number of aromatic nitrogens is 1. The van der Waals surface area contributed by atoms with Gasteiger partial charge in [0.05, 0.1) is 33.5 Å². The Morgan fingerprint density at radius 1 is 0.875 bits per heavy atom. The Hall–Kier alpha value is -3.74. The summed E-state index contributed by atoms with van der Waals surface area (Å²) in [6, 6.07) is 22.7. The van der Waals surface area contributed by atoms with Gasteiger partial charge in [-0.2, -0.15) is 0 Å². The molecule has 0 atom stereocenters. The van der Waals surface area contributed by atoms with Crippen molar-refractivity contribution >= 4 is 22.5 Å². The second-order valence-electron chi connectivity index (χ2n) is 11.3. The third kappa shape index (κ3) is 7.46. The fourth-order valence-corrected chi connectivity index (χ4v) is 4.72. The Morgan fingerprint density at radius 2 is 1.60 bits per heavy atom. The Kier molecular flexibility index (Phi) is 9.56. The minimum atomic E-state index is -0.150. The van der Waals surface area contributed by atoms with Crippen LogP contribution in [0.4, 0.5) is 5.82 Å². The van der Waals surface area contributed by atoms with Gasteiger partial charge in [0, 0.05) is 25.1 Å². The van der Waals surface area contributed by atoms with Gasteiger partial charge in [0.25, 0.3) is 0 Å². The van der Waals surface area contributed by atoms with Crippen molar-refractivity contribution in [2.45, 2.75) is 47.3 Å². The SMILES string of the molecule is COCCOCc1ccc2c(N(Cc3ccc(-c4ccc(OC)c(C)c4)cc3)C(=O)CC(C)(C)C)nccc2c1. The molecule has 40 heavy (non-hydrogen) atoms. The smallest absolute Gasteiger partial charge is 0.229 e. The highest BCUT2D eigenvalue weighted by atomic mass is 16.5. The lowest BCUT2D eigenvalue weighted by Gasteiger charge is -2.27. The van der Waals surface area contributed by atoms with Crippen molar-refractivity contribution in [2.75, 3.05) is 32.3 Å². The molecule has 1 amide bonds. The number of nitrogens with zero attached hydrogens (tertiary/aromatic N) is 2. The van der Waals surface area contributed by atoms with Crippen LogP contribution in [-0.2, 0) is 27.4 Å². The second-order valence-corrected chi connectivity index (χ2v) is 11.3. The van der Waals surface area contributed by atoms with Crippen molar-refractivity contribution in [1.82, 2.24) is 4.98 Å². The molecule has 0 aliphatic carbocycles. The third-order valence-electron chi connectivity index (χ3n) is 6.77. The minimum absolute atomic E-state index is 0.0503. The van der Waals surface area contributed by atoms with Gasteiger partial charge in [0.1, 0.15) is 11.6 Å². The van der Waals surface area contributed by atoms with E-state index in [0.717, 1.165) is 44.3 Å². The highest BCUT2D eigenvalue weighted by Crippen LogP contribution is 2.31. The molecule has 0 unspecified atom stereocenters. The number of aryl methyl sites for hydroxylation is 1. The van der Waals surface area contributed by atoms with Crippen molar-refractivity contribution in [1.29, 1.82) is 0 Å². The van der Waals surface area contributed by atoms with Crippen LogP contribution in [0.25, 0.3) is 21.9 Å². The summed E-state index contributed by atoms with van der Waals surface area (Å²) in [6.45, 7) is 10.3. The predicted octanol–water partition coefficient (Wildman–Crippen LogP) is 7.35. The Labute approximate surface area is 237 Å². The van der Waals surface area contributed by atoms with Gasteiger partial charge in [0.2, 0.25) is 5.91 Å². The van der Waals surface area contributed by atoms with Crippen LogP contribution < -0.4 is 9.64 Å². The van der Waals surface area contributed by atoms with E-state index in [9.17, 15) is 4.79 Å². The lowest BCUT2D eigenvalue weighted by Crippen LogP contribution is -2.34. The number of ether oxygens (including phenoxy) is 3. The van der Waals surface area contributed by atoms with Crippen molar-refractivity contribution < 1.29 is 19.0 Å². The molecule has 0 N–H and O–H groups in total. The highest BCUT2D eigenvalue weighted by Gasteiger charge is 2.25. The van der Waals surface area contributed by atoms with Crippen LogP contribution in [0.3, 0.4) is 0 Å². The molecule has 0 bridgehead atoms. The quantitative estimate of drug-likeness (QED) is 0.186. The fraction of sp³-hybridized carbons (Fsp3) is 0.353. The number of pyridine rings is 1. The number of hydrogen-bond acceptors (Lipinski definition) is 5. The van der Waals surface area contributed by atoms with Gasteiger partial charge >= 0.3 is 0 Å². The van der Waals surface area contributed by atoms with Crippen LogP contribution in [-0.4, -0.2) is 38.3 Å². The largest absolute Gasteiger partial charge is 0.496 e. The number of hydrogen-bond donors (Lipinski definition) is 0. The number of carbonyl (C=O) groups is 1. The first-order chi connectivity index (χ1) is 19.2. The van der Waals surface area contributed by atoms with Crippen molar-refractivity contribution in [3.8, 4) is 16.9 Å². The molecule has 210 valence electrons. The lowest BCUT2D eigenvalue weighted by molar-refractivity contribution is -0.120. The summed E-state index contributed by atoms with van der Waals surface area (Å²) in [4.78, 5) is 20.2. The zero-order chi connectivity index (χ0) is 28.7. The molecular formula is C34H40N2O4. The van der Waals surface area contributed by atoms with Gasteiger partial charge in [-0.15, -0.1) is 0 Å². The summed E-state index contributed by atoms with van der Waals surface area (Å²) in [7, 11) is 3.35. The summed E-state index contributed by atoms with van der Waals surface area (Å²) in [5, 5.41) is 1.97. The van der Waals surface area contributed by atoms with Crippen LogP contribution in [0.2, 0.25) is 0 Å². The standard InChI is InChI=1S/C34H40N2O4/c1-24-19-28(12-14-31(24)39-6)27-10-7-25(8-11-27)22-36(32(37)21-34(2,3)4)33-30-13-9-26(23-40-18-17-38-5)20-29(30)15-16-35-33/h7-16,19-20H,17-18,21-23H2,1-6H3. The lowest BCUT2D eigenvalue weighted by atomic mass is 9.91. The van der Waals surface area contributed by atoms with Gasteiger partial charge in [-0.1, -0.05) is 63.2 Å². The van der Waals surface area contributed by atoms with Crippen LogP contribution in [0, 0.1) is 12.3 Å². The molecule has 0 aliphatic heterocycles. The van der Waals surface area contributed by atoms with Crippen LogP contribution in [0.15, 0.2) is 72.9 Å². The maximum absolute atomic E-state index is 13.7. The maximum atomic E-state index is 13.7. The van der Waals surface area contributed by atoms with E-state index in [1.807, 2.05) is 36.1 Å². The first kappa shape index (κ1) is 29.2. The van der Waals surface area contributed by atoms with E-state index in [1.165, 1.54) is 0 Å². The molecule has 4 aromatic rings. The molecular weight excluding hydrogens is 500 g/mol. The summed E-state index contributed by atoms with van der Waals surface area (Å²) in [5.41, 5.74) is 5.29. The highest BCUT2D eigenvalue weighted by molar-refractivity contribution is 6.02. The van der Waals surface area contributed by atoms with Crippen LogP contribution in [0.1, 0.15) is 43.9 Å². The van der Waals surface area contributed by atoms with E-state index in [0.29, 0.717) is 38.6 Å². The minimum Gasteiger partial charge on any atom is -0.496 e. The third-order valence-corrected chi connectivity index (χ3v) is 6.77. The molecule has 1 heterocycles. The van der Waals surface area contributed by atoms with Gasteiger partial charge in [-0.3, -0.25) is 9.69 Å². The molecule has 0 saturated carbocycles. The number of amides is 1. The number of benzene rings is 3. The van der Waals surface area contributed by atoms with Crippen molar-refractivity contribution in [3.63, 3.8) is 0 Å². The maximum Gasteiger partial charge on any atom is 0.229 e. The fourth-order valence-electron chi connectivity index (χ4n) is 4.72. The molecule has 4 rings (SSSR count). The average molecular weight is 541 g/mol. The average Bonchev–Trinajstić information content (AvgIpc) is 2.93. The van der Waals surface area contributed by atoms with Crippen LogP contribution >= 0.6 is 0 Å². The van der Waals surface area contributed by atoms with Crippen molar-refractivity contribution in [3.05, 3.63) is 89.6 Å². The van der Waals surface area contributed by atoms with Gasteiger partial charge < -0.3 is 14.2 Å². The first-order valence-electron chi connectivity index (χ1n) is 13.7. The van der Waals surface area contributed by atoms with E-state index >= 15 is 0 Å². The zero-order valence-corrected chi connectivity index (χ0v) is 24.5. The first-order valence-corrected chi connectivity index (χ1v) is 13.7. The van der Waals surface area contributed by atoms with E-state index in [2.05, 4.69) is 63.2 Å². The van der Waals surface area contributed by atoms with Gasteiger partial charge in [-0.05, 0) is 69.8 Å². The number of carbonyl (C=O) groups excluding carboxylic acids is 1. The number of fused-ring (bicyclic) bond motifs is 1. The zero-order valence-electron chi connectivity index (χ0n) is 24.5. The molecule has 0 spiro atoms. The van der Waals surface area contributed by atoms with Gasteiger partial charge in [0.15, 0.2) is 0 Å². The van der Waals surface area contributed by atoms with E-state index in [-0.39, 0.29) is 11.3 Å². The molecule has 6 heteroatoms. The molecule has 0 saturated heterocycles.